The maximum atomic E-state index is 13.8. The second-order valence-corrected chi connectivity index (χ2v) is 10.0. The molecule has 1 aromatic heterocycles. The molecule has 0 radical (unpaired) electrons. The molecular weight excluding hydrogens is 454 g/mol. The highest BCUT2D eigenvalue weighted by molar-refractivity contribution is 7.99. The van der Waals surface area contributed by atoms with Gasteiger partial charge in [0.05, 0.1) is 30.1 Å². The Morgan fingerprint density at radius 1 is 1.18 bits per heavy atom. The standard InChI is InChI=1S/C25H31N3O3S2/c1-3-31-20-10-7-12-22-23(20)26-25(33-22)28(14-8-13-27-15-17-30-18-16-27)24(29)19-9-5-6-11-21(19)32-4-2/h5-7,9-12H,3-4,8,13-18H2,1-2H3. The third-order valence-electron chi connectivity index (χ3n) is 5.52. The molecule has 1 aliphatic heterocycles. The second kappa shape index (κ2) is 11.8. The lowest BCUT2D eigenvalue weighted by molar-refractivity contribution is 0.0376. The number of rotatable bonds is 10. The van der Waals surface area contributed by atoms with Gasteiger partial charge in [-0.05, 0) is 43.4 Å². The normalized spacial score (nSPS) is 14.5. The van der Waals surface area contributed by atoms with Crippen LogP contribution in [0.15, 0.2) is 47.4 Å². The summed E-state index contributed by atoms with van der Waals surface area (Å²) < 4.78 is 12.3. The second-order valence-electron chi connectivity index (χ2n) is 7.73. The van der Waals surface area contributed by atoms with E-state index in [1.54, 1.807) is 23.1 Å². The topological polar surface area (TPSA) is 54.9 Å². The van der Waals surface area contributed by atoms with Crippen LogP contribution >= 0.6 is 23.1 Å². The van der Waals surface area contributed by atoms with Gasteiger partial charge >= 0.3 is 0 Å². The summed E-state index contributed by atoms with van der Waals surface area (Å²) in [7, 11) is 0. The Hall–Kier alpha value is -2.13. The monoisotopic (exact) mass is 485 g/mol. The minimum atomic E-state index is 0.00513. The molecule has 0 aliphatic carbocycles. The van der Waals surface area contributed by atoms with Crippen molar-refractivity contribution < 1.29 is 14.3 Å². The Morgan fingerprint density at radius 3 is 2.79 bits per heavy atom. The Bertz CT molecular complexity index is 1070. The van der Waals surface area contributed by atoms with E-state index in [1.807, 2.05) is 54.3 Å². The number of para-hydroxylation sites is 1. The van der Waals surface area contributed by atoms with Crippen molar-refractivity contribution in [1.29, 1.82) is 0 Å². The first-order valence-corrected chi connectivity index (χ1v) is 13.4. The van der Waals surface area contributed by atoms with Gasteiger partial charge in [-0.1, -0.05) is 36.5 Å². The Kier molecular flexibility index (Phi) is 8.61. The van der Waals surface area contributed by atoms with Gasteiger partial charge in [0.25, 0.3) is 5.91 Å². The van der Waals surface area contributed by atoms with E-state index in [4.69, 9.17) is 14.5 Å². The van der Waals surface area contributed by atoms with Gasteiger partial charge in [0.2, 0.25) is 0 Å². The van der Waals surface area contributed by atoms with Crippen molar-refractivity contribution in [2.24, 2.45) is 0 Å². The van der Waals surface area contributed by atoms with E-state index in [-0.39, 0.29) is 5.91 Å². The zero-order valence-electron chi connectivity index (χ0n) is 19.3. The van der Waals surface area contributed by atoms with Gasteiger partial charge in [0.15, 0.2) is 5.13 Å². The maximum absolute atomic E-state index is 13.8. The van der Waals surface area contributed by atoms with Crippen molar-refractivity contribution in [2.75, 3.05) is 56.7 Å². The molecule has 2 aromatic carbocycles. The number of carbonyl (C=O) groups excluding carboxylic acids is 1. The highest BCUT2D eigenvalue weighted by atomic mass is 32.2. The first-order valence-electron chi connectivity index (χ1n) is 11.6. The molecule has 0 atom stereocenters. The third-order valence-corrected chi connectivity index (χ3v) is 7.52. The van der Waals surface area contributed by atoms with Gasteiger partial charge < -0.3 is 9.47 Å². The van der Waals surface area contributed by atoms with E-state index in [1.165, 1.54) is 0 Å². The summed E-state index contributed by atoms with van der Waals surface area (Å²) in [5.41, 5.74) is 1.56. The molecule has 1 saturated heterocycles. The molecule has 1 amide bonds. The molecule has 0 unspecified atom stereocenters. The number of anilines is 1. The van der Waals surface area contributed by atoms with Crippen molar-refractivity contribution in [2.45, 2.75) is 25.2 Å². The molecule has 0 N–H and O–H groups in total. The highest BCUT2D eigenvalue weighted by Gasteiger charge is 2.24. The predicted octanol–water partition coefficient (Wildman–Crippen LogP) is 5.18. The number of aromatic nitrogens is 1. The largest absolute Gasteiger partial charge is 0.492 e. The Labute approximate surface area is 203 Å². The number of nitrogens with zero attached hydrogens (tertiary/aromatic N) is 3. The maximum Gasteiger partial charge on any atom is 0.261 e. The van der Waals surface area contributed by atoms with Crippen molar-refractivity contribution in [3.05, 3.63) is 48.0 Å². The molecule has 6 nitrogen and oxygen atoms in total. The van der Waals surface area contributed by atoms with Crippen LogP contribution in [0.4, 0.5) is 5.13 Å². The zero-order chi connectivity index (χ0) is 23.0. The number of amides is 1. The van der Waals surface area contributed by atoms with Gasteiger partial charge in [0, 0.05) is 31.1 Å². The van der Waals surface area contributed by atoms with E-state index in [9.17, 15) is 4.79 Å². The van der Waals surface area contributed by atoms with E-state index >= 15 is 0 Å². The van der Waals surface area contributed by atoms with Crippen LogP contribution in [0.2, 0.25) is 0 Å². The summed E-state index contributed by atoms with van der Waals surface area (Å²) in [6.45, 7) is 9.66. The molecule has 0 spiro atoms. The Balaban J connectivity index is 1.63. The Morgan fingerprint density at radius 2 is 2.00 bits per heavy atom. The van der Waals surface area contributed by atoms with Gasteiger partial charge in [-0.15, -0.1) is 11.8 Å². The molecule has 0 saturated carbocycles. The molecule has 4 rings (SSSR count). The number of thioether (sulfide) groups is 1. The molecular formula is C25H31N3O3S2. The SMILES string of the molecule is CCOc1cccc2sc(N(CCCN3CCOCC3)C(=O)c3ccccc3SCC)nc12. The number of fused-ring (bicyclic) bond motifs is 1. The van der Waals surface area contributed by atoms with E-state index in [0.717, 1.165) is 76.6 Å². The van der Waals surface area contributed by atoms with Crippen molar-refractivity contribution >= 4 is 44.4 Å². The summed E-state index contributed by atoms with van der Waals surface area (Å²) >= 11 is 3.24. The number of hydrogen-bond acceptors (Lipinski definition) is 7. The lowest BCUT2D eigenvalue weighted by atomic mass is 10.2. The summed E-state index contributed by atoms with van der Waals surface area (Å²) in [4.78, 5) is 24.0. The first-order chi connectivity index (χ1) is 16.2. The molecule has 3 aromatic rings. The molecule has 1 aliphatic rings. The summed E-state index contributed by atoms with van der Waals surface area (Å²) in [5, 5.41) is 0.723. The smallest absolute Gasteiger partial charge is 0.261 e. The van der Waals surface area contributed by atoms with Crippen LogP contribution in [0.25, 0.3) is 10.2 Å². The third kappa shape index (κ3) is 5.87. The van der Waals surface area contributed by atoms with Crippen molar-refractivity contribution in [1.82, 2.24) is 9.88 Å². The number of hydrogen-bond donors (Lipinski definition) is 0. The minimum absolute atomic E-state index is 0.00513. The lowest BCUT2D eigenvalue weighted by Gasteiger charge is -2.28. The first kappa shape index (κ1) is 24.0. The number of ether oxygens (including phenoxy) is 2. The van der Waals surface area contributed by atoms with Gasteiger partial charge in [-0.2, -0.15) is 0 Å². The molecule has 33 heavy (non-hydrogen) atoms. The highest BCUT2D eigenvalue weighted by Crippen LogP contribution is 2.35. The van der Waals surface area contributed by atoms with E-state index in [0.29, 0.717) is 13.2 Å². The fourth-order valence-electron chi connectivity index (χ4n) is 3.93. The van der Waals surface area contributed by atoms with E-state index in [2.05, 4.69) is 11.8 Å². The van der Waals surface area contributed by atoms with Crippen LogP contribution in [0.1, 0.15) is 30.6 Å². The van der Waals surface area contributed by atoms with Crippen LogP contribution in [0, 0.1) is 0 Å². The van der Waals surface area contributed by atoms with Crippen LogP contribution in [-0.4, -0.2) is 67.5 Å². The van der Waals surface area contributed by atoms with Crippen LogP contribution < -0.4 is 9.64 Å². The van der Waals surface area contributed by atoms with E-state index < -0.39 is 0 Å². The molecule has 2 heterocycles. The van der Waals surface area contributed by atoms with Gasteiger partial charge in [-0.3, -0.25) is 14.6 Å². The number of morpholine rings is 1. The molecule has 8 heteroatoms. The molecule has 176 valence electrons. The average molecular weight is 486 g/mol. The molecule has 1 fully saturated rings. The number of benzene rings is 2. The van der Waals surface area contributed by atoms with Crippen LogP contribution in [-0.2, 0) is 4.74 Å². The minimum Gasteiger partial charge on any atom is -0.492 e. The lowest BCUT2D eigenvalue weighted by Crippen LogP contribution is -2.39. The number of thiazole rings is 1. The summed E-state index contributed by atoms with van der Waals surface area (Å²) in [6.07, 6.45) is 0.878. The fraction of sp³-hybridized carbons (Fsp3) is 0.440. The van der Waals surface area contributed by atoms with Crippen LogP contribution in [0.3, 0.4) is 0 Å². The molecule has 0 bridgehead atoms. The fourth-order valence-corrected chi connectivity index (χ4v) is 5.73. The summed E-state index contributed by atoms with van der Waals surface area (Å²) in [5.74, 6) is 1.69. The quantitative estimate of drug-likeness (QED) is 0.369. The van der Waals surface area contributed by atoms with Crippen LogP contribution in [0.5, 0.6) is 5.75 Å². The van der Waals surface area contributed by atoms with Crippen molar-refractivity contribution in [3.63, 3.8) is 0 Å². The van der Waals surface area contributed by atoms with Crippen molar-refractivity contribution in [3.8, 4) is 5.75 Å². The van der Waals surface area contributed by atoms with Gasteiger partial charge in [-0.25, -0.2) is 4.98 Å². The average Bonchev–Trinajstić information content (AvgIpc) is 3.28. The van der Waals surface area contributed by atoms with Gasteiger partial charge in [0.1, 0.15) is 11.3 Å². The number of carbonyl (C=O) groups is 1. The summed E-state index contributed by atoms with van der Waals surface area (Å²) in [6, 6.07) is 13.8. The zero-order valence-corrected chi connectivity index (χ0v) is 20.9. The predicted molar refractivity (Wildman–Crippen MR) is 137 cm³/mol.